The van der Waals surface area contributed by atoms with Crippen molar-refractivity contribution >= 4 is 23.3 Å². The predicted molar refractivity (Wildman–Crippen MR) is 216 cm³/mol. The van der Waals surface area contributed by atoms with E-state index in [4.69, 9.17) is 5.11 Å². The fraction of sp³-hybridized carbons (Fsp3) is 0.442. The lowest BCUT2D eigenvalue weighted by atomic mass is 9.82. The minimum Gasteiger partial charge on any atom is -0.394 e. The zero-order valence-corrected chi connectivity index (χ0v) is 32.1. The maximum Gasteiger partial charge on any atom is 0.251 e. The van der Waals surface area contributed by atoms with E-state index in [-0.39, 0.29) is 12.5 Å². The quantitative estimate of drug-likeness (QED) is 0.0435. The second-order valence-electron chi connectivity index (χ2n) is 14.1. The molecular formula is C43H57N5O9. The van der Waals surface area contributed by atoms with Crippen LogP contribution in [-0.2, 0) is 9.59 Å². The van der Waals surface area contributed by atoms with Crippen LogP contribution >= 0.6 is 0 Å². The van der Waals surface area contributed by atoms with Gasteiger partial charge in [-0.2, -0.15) is 0 Å². The molecule has 2 heterocycles. The summed E-state index contributed by atoms with van der Waals surface area (Å²) in [6.45, 7) is -0.623. The Morgan fingerprint density at radius 3 is 1.89 bits per heavy atom. The summed E-state index contributed by atoms with van der Waals surface area (Å²) in [5.41, 5.74) is 2.83. The number of rotatable bonds is 25. The Hall–Kier alpha value is -4.80. The molecule has 308 valence electrons. The molecule has 2 aromatic carbocycles. The Balaban J connectivity index is 1.24. The number of carbonyl (C=O) groups excluding carboxylic acids is 2. The molecule has 0 fully saturated rings. The van der Waals surface area contributed by atoms with Gasteiger partial charge in [0.25, 0.3) is 5.91 Å². The van der Waals surface area contributed by atoms with E-state index in [0.29, 0.717) is 30.0 Å². The standard InChI is InChI=1S/C43H57N5O9/c49-28-33(50)39(53)40(54)41(55)42(56)43(57)46-27-15-6-4-2-1-3-5-10-24-35(51)47-31-21-12-11-20-30(31)37(48-34-23-14-17-26-45-34)36(32-22-13-16-25-44-32)38(52)29-18-8-7-9-19-29/h7-9,11-14,16-23,25-26,33,36-42,49-50,52-56H,1-6,10,15,24,27-28H2,(H,45,48)(H,46,57)(H,47,51)/t33-,36+,37-,38-,39-,40+,41-,42-/m1/s1. The van der Waals surface area contributed by atoms with Gasteiger partial charge in [-0.3, -0.25) is 14.6 Å². The largest absolute Gasteiger partial charge is 0.394 e. The lowest BCUT2D eigenvalue weighted by Crippen LogP contribution is -2.54. The van der Waals surface area contributed by atoms with Crippen molar-refractivity contribution in [2.45, 2.75) is 106 Å². The number of benzene rings is 2. The van der Waals surface area contributed by atoms with Crippen LogP contribution in [0.1, 0.15) is 92.7 Å². The van der Waals surface area contributed by atoms with Crippen molar-refractivity contribution in [2.75, 3.05) is 23.8 Å². The smallest absolute Gasteiger partial charge is 0.251 e. The van der Waals surface area contributed by atoms with Crippen molar-refractivity contribution in [1.82, 2.24) is 15.3 Å². The first-order valence-electron chi connectivity index (χ1n) is 19.6. The van der Waals surface area contributed by atoms with E-state index in [1.807, 2.05) is 91.0 Å². The normalized spacial score (nSPS) is 15.6. The molecule has 0 spiro atoms. The van der Waals surface area contributed by atoms with Crippen molar-refractivity contribution in [2.24, 2.45) is 0 Å². The van der Waals surface area contributed by atoms with Crippen LogP contribution in [0.2, 0.25) is 0 Å². The van der Waals surface area contributed by atoms with Gasteiger partial charge in [0, 0.05) is 36.7 Å². The molecule has 14 heteroatoms. The molecule has 0 saturated heterocycles. The van der Waals surface area contributed by atoms with Crippen molar-refractivity contribution in [1.29, 1.82) is 0 Å². The number of unbranched alkanes of at least 4 members (excludes halogenated alkanes) is 7. The van der Waals surface area contributed by atoms with Crippen LogP contribution < -0.4 is 16.0 Å². The summed E-state index contributed by atoms with van der Waals surface area (Å²) in [5, 5.41) is 78.9. The molecule has 2 aromatic heterocycles. The number of pyridine rings is 2. The van der Waals surface area contributed by atoms with Gasteiger partial charge in [-0.25, -0.2) is 4.98 Å². The molecule has 4 aromatic rings. The molecule has 4 rings (SSSR count). The highest BCUT2D eigenvalue weighted by Gasteiger charge is 2.37. The molecule has 0 aliphatic heterocycles. The summed E-state index contributed by atoms with van der Waals surface area (Å²) in [6, 6.07) is 27.7. The van der Waals surface area contributed by atoms with Crippen LogP contribution in [0.3, 0.4) is 0 Å². The molecule has 10 N–H and O–H groups in total. The van der Waals surface area contributed by atoms with Gasteiger partial charge in [0.15, 0.2) is 6.10 Å². The van der Waals surface area contributed by atoms with Crippen LogP contribution in [0.4, 0.5) is 11.5 Å². The number of anilines is 2. The highest BCUT2D eigenvalue weighted by Crippen LogP contribution is 2.43. The molecule has 0 aliphatic rings. The summed E-state index contributed by atoms with van der Waals surface area (Å²) in [7, 11) is 0. The Labute approximate surface area is 333 Å². The summed E-state index contributed by atoms with van der Waals surface area (Å²) in [6.07, 6.45) is -0.0583. The number of aromatic nitrogens is 2. The van der Waals surface area contributed by atoms with Crippen LogP contribution in [-0.4, -0.2) is 101 Å². The van der Waals surface area contributed by atoms with Crippen molar-refractivity contribution < 1.29 is 45.3 Å². The average molecular weight is 788 g/mol. The second kappa shape index (κ2) is 24.1. The molecule has 0 saturated carbocycles. The molecule has 57 heavy (non-hydrogen) atoms. The minimum absolute atomic E-state index is 0.106. The average Bonchev–Trinajstić information content (AvgIpc) is 3.25. The molecule has 0 bridgehead atoms. The zero-order valence-electron chi connectivity index (χ0n) is 32.1. The molecule has 0 aliphatic carbocycles. The van der Waals surface area contributed by atoms with E-state index in [0.717, 1.165) is 56.1 Å². The zero-order chi connectivity index (χ0) is 41.0. The van der Waals surface area contributed by atoms with Crippen LogP contribution in [0.25, 0.3) is 0 Å². The van der Waals surface area contributed by atoms with Gasteiger partial charge in [-0.1, -0.05) is 99.2 Å². The van der Waals surface area contributed by atoms with Crippen LogP contribution in [0.5, 0.6) is 0 Å². The molecular weight excluding hydrogens is 730 g/mol. The van der Waals surface area contributed by atoms with E-state index in [2.05, 4.69) is 25.9 Å². The maximum atomic E-state index is 13.3. The third-order valence-electron chi connectivity index (χ3n) is 9.91. The predicted octanol–water partition coefficient (Wildman–Crippen LogP) is 3.51. The number of nitrogens with zero attached hydrogens (tertiary/aromatic N) is 2. The van der Waals surface area contributed by atoms with Gasteiger partial charge in [0.2, 0.25) is 5.91 Å². The SMILES string of the molecule is O=C(CCCCCCCCCCNC(=O)[C@H](O)[C@H](O)[C@@H](O)[C@H](O)[C@H](O)CO)Nc1ccccc1[C@@H](Nc1ccccn1)[C@H](c1ccccn1)[C@H](O)c1ccccc1. The monoisotopic (exact) mass is 787 g/mol. The lowest BCUT2D eigenvalue weighted by Gasteiger charge is -2.33. The van der Waals surface area contributed by atoms with Gasteiger partial charge in [0.1, 0.15) is 30.2 Å². The van der Waals surface area contributed by atoms with E-state index in [1.54, 1.807) is 12.4 Å². The summed E-state index contributed by atoms with van der Waals surface area (Å²) >= 11 is 0. The van der Waals surface area contributed by atoms with Gasteiger partial charge >= 0.3 is 0 Å². The van der Waals surface area contributed by atoms with E-state index < -0.39 is 61.1 Å². The first-order chi connectivity index (χ1) is 27.6. The Bertz CT molecular complexity index is 1740. The Kier molecular flexibility index (Phi) is 19.0. The lowest BCUT2D eigenvalue weighted by molar-refractivity contribution is -0.156. The topological polar surface area (TPSA) is 238 Å². The van der Waals surface area contributed by atoms with Gasteiger partial charge in [-0.15, -0.1) is 0 Å². The third-order valence-corrected chi connectivity index (χ3v) is 9.91. The molecule has 0 radical (unpaired) electrons. The first kappa shape index (κ1) is 44.9. The fourth-order valence-electron chi connectivity index (χ4n) is 6.68. The highest BCUT2D eigenvalue weighted by atomic mass is 16.4. The maximum absolute atomic E-state index is 13.3. The Morgan fingerprint density at radius 2 is 1.25 bits per heavy atom. The van der Waals surface area contributed by atoms with Crippen LogP contribution in [0.15, 0.2) is 103 Å². The number of para-hydroxylation sites is 1. The van der Waals surface area contributed by atoms with Gasteiger partial charge < -0.3 is 51.7 Å². The number of aliphatic hydroxyl groups is 7. The number of hydrogen-bond donors (Lipinski definition) is 10. The molecule has 14 nitrogen and oxygen atoms in total. The fourth-order valence-corrected chi connectivity index (χ4v) is 6.68. The van der Waals surface area contributed by atoms with Gasteiger partial charge in [-0.05, 0) is 54.3 Å². The minimum atomic E-state index is -2.05. The first-order valence-corrected chi connectivity index (χ1v) is 19.6. The van der Waals surface area contributed by atoms with Crippen molar-refractivity contribution in [3.63, 3.8) is 0 Å². The van der Waals surface area contributed by atoms with Crippen molar-refractivity contribution in [3.05, 3.63) is 120 Å². The van der Waals surface area contributed by atoms with Crippen LogP contribution in [0, 0.1) is 0 Å². The van der Waals surface area contributed by atoms with E-state index in [9.17, 15) is 40.2 Å². The van der Waals surface area contributed by atoms with Gasteiger partial charge in [0.05, 0.1) is 24.7 Å². The Morgan fingerprint density at radius 1 is 0.632 bits per heavy atom. The summed E-state index contributed by atoms with van der Waals surface area (Å²) in [4.78, 5) is 34.6. The molecule has 0 unspecified atom stereocenters. The highest BCUT2D eigenvalue weighted by molar-refractivity contribution is 5.91. The number of amides is 2. The summed E-state index contributed by atoms with van der Waals surface area (Å²) in [5.74, 6) is -0.975. The molecule has 2 amide bonds. The number of carbonyl (C=O) groups is 2. The van der Waals surface area contributed by atoms with E-state index >= 15 is 0 Å². The number of aliphatic hydroxyl groups excluding tert-OH is 7. The van der Waals surface area contributed by atoms with Crippen molar-refractivity contribution in [3.8, 4) is 0 Å². The van der Waals surface area contributed by atoms with E-state index in [1.165, 1.54) is 0 Å². The number of nitrogens with one attached hydrogen (secondary N) is 3. The second-order valence-corrected chi connectivity index (χ2v) is 14.1. The number of hydrogen-bond acceptors (Lipinski definition) is 12. The summed E-state index contributed by atoms with van der Waals surface area (Å²) < 4.78 is 0. The molecule has 8 atom stereocenters. The third kappa shape index (κ3) is 14.0.